The molecule has 0 unspecified atom stereocenters. The Hall–Kier alpha value is -1.20. The summed E-state index contributed by atoms with van der Waals surface area (Å²) in [5.74, 6) is 1.90. The average Bonchev–Trinajstić information content (AvgIpc) is 2.93. The van der Waals surface area contributed by atoms with E-state index in [0.717, 1.165) is 36.9 Å². The van der Waals surface area contributed by atoms with Gasteiger partial charge in [0.15, 0.2) is 0 Å². The number of fused-ring (bicyclic) bond motifs is 1. The van der Waals surface area contributed by atoms with Crippen molar-refractivity contribution >= 4 is 27.4 Å². The van der Waals surface area contributed by atoms with Crippen molar-refractivity contribution in [2.24, 2.45) is 5.92 Å². The zero-order valence-electron chi connectivity index (χ0n) is 13.1. The van der Waals surface area contributed by atoms with Crippen molar-refractivity contribution in [3.63, 3.8) is 0 Å². The van der Waals surface area contributed by atoms with Crippen molar-refractivity contribution in [3.8, 4) is 0 Å². The maximum absolute atomic E-state index is 4.52. The van der Waals surface area contributed by atoms with E-state index in [-0.39, 0.29) is 5.54 Å². The molecule has 0 radical (unpaired) electrons. The average molecular weight is 304 g/mol. The molecule has 3 heterocycles. The van der Waals surface area contributed by atoms with Gasteiger partial charge in [0.25, 0.3) is 0 Å². The van der Waals surface area contributed by atoms with Crippen LogP contribution in [0.1, 0.15) is 33.6 Å². The molecule has 0 aromatic carbocycles. The van der Waals surface area contributed by atoms with Gasteiger partial charge in [0.1, 0.15) is 12.1 Å². The van der Waals surface area contributed by atoms with Crippen molar-refractivity contribution in [2.75, 3.05) is 24.5 Å². The van der Waals surface area contributed by atoms with Crippen molar-refractivity contribution < 1.29 is 0 Å². The maximum Gasteiger partial charge on any atom is 0.150 e. The van der Waals surface area contributed by atoms with Gasteiger partial charge >= 0.3 is 0 Å². The highest BCUT2D eigenvalue weighted by molar-refractivity contribution is 7.17. The van der Waals surface area contributed by atoms with Gasteiger partial charge in [0.05, 0.1) is 10.2 Å². The first kappa shape index (κ1) is 14.7. The molecular formula is C16H24N4S. The summed E-state index contributed by atoms with van der Waals surface area (Å²) >= 11 is 1.74. The Kier molecular flexibility index (Phi) is 4.13. The molecule has 3 rings (SSSR count). The Morgan fingerprint density at radius 2 is 2.05 bits per heavy atom. The van der Waals surface area contributed by atoms with Crippen LogP contribution in [-0.2, 0) is 0 Å². The van der Waals surface area contributed by atoms with E-state index in [4.69, 9.17) is 0 Å². The minimum absolute atomic E-state index is 0.215. The quantitative estimate of drug-likeness (QED) is 0.944. The number of nitrogens with one attached hydrogen (secondary N) is 1. The number of thiophene rings is 1. The first-order valence-electron chi connectivity index (χ1n) is 7.71. The van der Waals surface area contributed by atoms with Crippen LogP contribution in [0.5, 0.6) is 0 Å². The van der Waals surface area contributed by atoms with Crippen molar-refractivity contribution in [2.45, 2.75) is 39.2 Å². The van der Waals surface area contributed by atoms with Gasteiger partial charge in [-0.15, -0.1) is 11.3 Å². The lowest BCUT2D eigenvalue weighted by molar-refractivity contribution is 0.328. The highest BCUT2D eigenvalue weighted by atomic mass is 32.1. The molecule has 0 atom stereocenters. The first-order valence-corrected chi connectivity index (χ1v) is 8.59. The summed E-state index contributed by atoms with van der Waals surface area (Å²) in [6.07, 6.45) is 4.16. The lowest BCUT2D eigenvalue weighted by Gasteiger charge is -2.34. The number of rotatable bonds is 3. The number of anilines is 1. The molecule has 1 saturated heterocycles. The van der Waals surface area contributed by atoms with Gasteiger partial charge in [0, 0.05) is 18.6 Å². The van der Waals surface area contributed by atoms with Crippen LogP contribution in [-0.4, -0.2) is 35.1 Å². The Labute approximate surface area is 130 Å². The summed E-state index contributed by atoms with van der Waals surface area (Å²) < 4.78 is 1.23. The topological polar surface area (TPSA) is 41.0 Å². The van der Waals surface area contributed by atoms with Crippen LogP contribution in [0.4, 0.5) is 5.82 Å². The summed E-state index contributed by atoms with van der Waals surface area (Å²) in [5.41, 5.74) is 1.29. The molecule has 1 N–H and O–H groups in total. The molecular weight excluding hydrogens is 280 g/mol. The molecule has 1 fully saturated rings. The largest absolute Gasteiger partial charge is 0.355 e. The van der Waals surface area contributed by atoms with Crippen molar-refractivity contribution in [3.05, 3.63) is 17.8 Å². The fourth-order valence-corrected chi connectivity index (χ4v) is 3.66. The second-order valence-electron chi connectivity index (χ2n) is 6.89. The molecule has 1 aliphatic rings. The van der Waals surface area contributed by atoms with E-state index < -0.39 is 0 Å². The second-order valence-corrected chi connectivity index (χ2v) is 7.81. The zero-order valence-corrected chi connectivity index (χ0v) is 13.9. The van der Waals surface area contributed by atoms with E-state index in [1.165, 1.54) is 17.5 Å². The monoisotopic (exact) mass is 304 g/mol. The minimum Gasteiger partial charge on any atom is -0.355 e. The number of hydrogen-bond acceptors (Lipinski definition) is 5. The van der Waals surface area contributed by atoms with E-state index in [1.54, 1.807) is 17.7 Å². The van der Waals surface area contributed by atoms with Gasteiger partial charge < -0.3 is 10.2 Å². The van der Waals surface area contributed by atoms with Crippen molar-refractivity contribution in [1.82, 2.24) is 15.3 Å². The third-order valence-electron chi connectivity index (χ3n) is 4.06. The number of piperidine rings is 1. The summed E-state index contributed by atoms with van der Waals surface area (Å²) in [7, 11) is 0. The van der Waals surface area contributed by atoms with Crippen LogP contribution in [0.2, 0.25) is 0 Å². The van der Waals surface area contributed by atoms with Crippen LogP contribution >= 0.6 is 11.3 Å². The smallest absolute Gasteiger partial charge is 0.150 e. The minimum atomic E-state index is 0.215. The highest BCUT2D eigenvalue weighted by Gasteiger charge is 2.23. The molecule has 0 amide bonds. The Morgan fingerprint density at radius 3 is 2.76 bits per heavy atom. The van der Waals surface area contributed by atoms with Gasteiger partial charge in [0.2, 0.25) is 0 Å². The number of nitrogens with zero attached hydrogens (tertiary/aromatic N) is 3. The SMILES string of the molecule is CC(C)(C)NCC1CCN(c2ncnc3ccsc23)CC1. The third kappa shape index (κ3) is 3.52. The summed E-state index contributed by atoms with van der Waals surface area (Å²) in [4.78, 5) is 11.3. The van der Waals surface area contributed by atoms with E-state index in [9.17, 15) is 0 Å². The molecule has 0 bridgehead atoms. The van der Waals surface area contributed by atoms with Gasteiger partial charge in [-0.2, -0.15) is 0 Å². The van der Waals surface area contributed by atoms with Crippen LogP contribution in [0, 0.1) is 5.92 Å². The predicted octanol–water partition coefficient (Wildman–Crippen LogP) is 3.30. The Bertz CT molecular complexity index is 594. The van der Waals surface area contributed by atoms with Crippen LogP contribution in [0.25, 0.3) is 10.2 Å². The Balaban J connectivity index is 1.62. The standard InChI is InChI=1S/C16H24N4S/c1-16(2,3)19-10-12-4-7-20(8-5-12)15-14-13(6-9-21-14)17-11-18-15/h6,9,11-12,19H,4-5,7-8,10H2,1-3H3. The molecule has 5 heteroatoms. The van der Waals surface area contributed by atoms with Crippen molar-refractivity contribution in [1.29, 1.82) is 0 Å². The van der Waals surface area contributed by atoms with Gasteiger partial charge in [-0.05, 0) is 57.5 Å². The van der Waals surface area contributed by atoms with E-state index >= 15 is 0 Å². The summed E-state index contributed by atoms with van der Waals surface area (Å²) in [6.45, 7) is 10.0. The van der Waals surface area contributed by atoms with E-state index in [0.29, 0.717) is 0 Å². The first-order chi connectivity index (χ1) is 10.0. The zero-order chi connectivity index (χ0) is 14.9. The normalized spacial score (nSPS) is 17.6. The van der Waals surface area contributed by atoms with Gasteiger partial charge in [-0.25, -0.2) is 9.97 Å². The molecule has 1 aliphatic heterocycles. The van der Waals surface area contributed by atoms with Crippen LogP contribution in [0.3, 0.4) is 0 Å². The fourth-order valence-electron chi connectivity index (χ4n) is 2.80. The lowest BCUT2D eigenvalue weighted by atomic mass is 9.95. The molecule has 0 saturated carbocycles. The molecule has 0 aliphatic carbocycles. The molecule has 21 heavy (non-hydrogen) atoms. The molecule has 2 aromatic heterocycles. The molecule has 4 nitrogen and oxygen atoms in total. The summed E-state index contributed by atoms with van der Waals surface area (Å²) in [6, 6.07) is 2.07. The fraction of sp³-hybridized carbons (Fsp3) is 0.625. The van der Waals surface area contributed by atoms with Crippen LogP contribution in [0.15, 0.2) is 17.8 Å². The lowest BCUT2D eigenvalue weighted by Crippen LogP contribution is -2.43. The third-order valence-corrected chi connectivity index (χ3v) is 4.96. The van der Waals surface area contributed by atoms with Gasteiger partial charge in [-0.1, -0.05) is 0 Å². The van der Waals surface area contributed by atoms with E-state index in [1.807, 2.05) is 0 Å². The van der Waals surface area contributed by atoms with E-state index in [2.05, 4.69) is 52.4 Å². The Morgan fingerprint density at radius 1 is 1.29 bits per heavy atom. The second kappa shape index (κ2) is 5.89. The number of aromatic nitrogens is 2. The molecule has 2 aromatic rings. The van der Waals surface area contributed by atoms with Gasteiger partial charge in [-0.3, -0.25) is 0 Å². The highest BCUT2D eigenvalue weighted by Crippen LogP contribution is 2.30. The molecule has 114 valence electrons. The van der Waals surface area contributed by atoms with Crippen LogP contribution < -0.4 is 10.2 Å². The number of hydrogen-bond donors (Lipinski definition) is 1. The molecule has 0 spiro atoms. The predicted molar refractivity (Wildman–Crippen MR) is 90.1 cm³/mol. The maximum atomic E-state index is 4.52. The summed E-state index contributed by atoms with van der Waals surface area (Å²) in [5, 5.41) is 5.73.